The number of ether oxygens (including phenoxy) is 1. The molecular weight excluding hydrogens is 306 g/mol. The fourth-order valence-corrected chi connectivity index (χ4v) is 2.68. The van der Waals surface area contributed by atoms with Crippen molar-refractivity contribution in [1.29, 1.82) is 0 Å². The van der Waals surface area contributed by atoms with Crippen LogP contribution in [0.5, 0.6) is 5.75 Å². The van der Waals surface area contributed by atoms with Crippen LogP contribution in [0.4, 0.5) is 0 Å². The first-order valence-electron chi connectivity index (χ1n) is 6.28. The van der Waals surface area contributed by atoms with Gasteiger partial charge < -0.3 is 10.5 Å². The molecule has 19 heavy (non-hydrogen) atoms. The van der Waals surface area contributed by atoms with E-state index in [0.29, 0.717) is 0 Å². The molecule has 0 aliphatic heterocycles. The predicted molar refractivity (Wildman–Crippen MR) is 79.2 cm³/mol. The van der Waals surface area contributed by atoms with Crippen molar-refractivity contribution >= 4 is 15.9 Å². The molecule has 2 aromatic rings. The second-order valence-corrected chi connectivity index (χ2v) is 5.17. The minimum absolute atomic E-state index is 0.264. The van der Waals surface area contributed by atoms with Crippen LogP contribution in [0.1, 0.15) is 30.6 Å². The summed E-state index contributed by atoms with van der Waals surface area (Å²) in [5.74, 6) is 0.797. The average Bonchev–Trinajstić information content (AvgIpc) is 2.79. The molecule has 0 bridgehead atoms. The first-order valence-corrected chi connectivity index (χ1v) is 7.08. The maximum Gasteiger partial charge on any atom is 0.124 e. The summed E-state index contributed by atoms with van der Waals surface area (Å²) in [6.45, 7) is 2.97. The van der Waals surface area contributed by atoms with Gasteiger partial charge in [-0.25, -0.2) is 0 Å². The quantitative estimate of drug-likeness (QED) is 0.919. The fourth-order valence-electron chi connectivity index (χ4n) is 2.14. The lowest BCUT2D eigenvalue weighted by Gasteiger charge is -2.17. The molecule has 0 spiro atoms. The van der Waals surface area contributed by atoms with Gasteiger partial charge in [-0.15, -0.1) is 0 Å². The molecule has 1 atom stereocenters. The Morgan fingerprint density at radius 2 is 2.16 bits per heavy atom. The second kappa shape index (κ2) is 6.21. The number of methoxy groups -OCH3 is 1. The topological polar surface area (TPSA) is 53.1 Å². The molecule has 0 amide bonds. The zero-order valence-electron chi connectivity index (χ0n) is 11.1. The van der Waals surface area contributed by atoms with Gasteiger partial charge in [0, 0.05) is 12.1 Å². The second-order valence-electron chi connectivity index (χ2n) is 4.32. The van der Waals surface area contributed by atoms with Gasteiger partial charge >= 0.3 is 0 Å². The van der Waals surface area contributed by atoms with Crippen LogP contribution in [0.3, 0.4) is 0 Å². The van der Waals surface area contributed by atoms with E-state index < -0.39 is 0 Å². The highest BCUT2D eigenvalue weighted by Crippen LogP contribution is 2.31. The van der Waals surface area contributed by atoms with E-state index in [9.17, 15) is 0 Å². The Labute approximate surface area is 121 Å². The Morgan fingerprint density at radius 1 is 1.42 bits per heavy atom. The van der Waals surface area contributed by atoms with Gasteiger partial charge in [-0.05, 0) is 28.4 Å². The Hall–Kier alpha value is -1.33. The summed E-state index contributed by atoms with van der Waals surface area (Å²) in [7, 11) is 1.66. The molecule has 0 radical (unpaired) electrons. The molecule has 102 valence electrons. The molecule has 0 fully saturated rings. The summed E-state index contributed by atoms with van der Waals surface area (Å²) >= 11 is 3.53. The highest BCUT2D eigenvalue weighted by molar-refractivity contribution is 9.10. The van der Waals surface area contributed by atoms with Crippen LogP contribution in [-0.2, 0) is 6.54 Å². The van der Waals surface area contributed by atoms with Crippen molar-refractivity contribution < 1.29 is 4.74 Å². The monoisotopic (exact) mass is 323 g/mol. The molecule has 1 aromatic heterocycles. The van der Waals surface area contributed by atoms with Gasteiger partial charge in [-0.1, -0.05) is 25.1 Å². The van der Waals surface area contributed by atoms with E-state index >= 15 is 0 Å². The van der Waals surface area contributed by atoms with Crippen LogP contribution < -0.4 is 10.5 Å². The van der Waals surface area contributed by atoms with Gasteiger partial charge in [-0.2, -0.15) is 5.10 Å². The first kappa shape index (κ1) is 14.1. The third kappa shape index (κ3) is 2.82. The Morgan fingerprint density at radius 3 is 2.84 bits per heavy atom. The molecule has 2 rings (SSSR count). The van der Waals surface area contributed by atoms with Crippen molar-refractivity contribution in [3.63, 3.8) is 0 Å². The number of benzene rings is 1. The highest BCUT2D eigenvalue weighted by atomic mass is 79.9. The van der Waals surface area contributed by atoms with Crippen LogP contribution in [-0.4, -0.2) is 16.9 Å². The van der Waals surface area contributed by atoms with Gasteiger partial charge in [0.1, 0.15) is 5.75 Å². The normalized spacial score (nSPS) is 12.4. The largest absolute Gasteiger partial charge is 0.496 e. The maximum absolute atomic E-state index is 6.40. The van der Waals surface area contributed by atoms with E-state index in [4.69, 9.17) is 10.5 Å². The Kier molecular flexibility index (Phi) is 4.61. The third-order valence-corrected chi connectivity index (χ3v) is 3.65. The maximum atomic E-state index is 6.40. The van der Waals surface area contributed by atoms with E-state index in [0.717, 1.165) is 34.4 Å². The van der Waals surface area contributed by atoms with Crippen molar-refractivity contribution in [2.45, 2.75) is 25.9 Å². The fraction of sp³-hybridized carbons (Fsp3) is 0.357. The molecule has 0 saturated carbocycles. The molecule has 4 nitrogen and oxygen atoms in total. The number of para-hydroxylation sites is 1. The van der Waals surface area contributed by atoms with Crippen LogP contribution in [0.25, 0.3) is 0 Å². The number of aryl methyl sites for hydroxylation is 1. The summed E-state index contributed by atoms with van der Waals surface area (Å²) in [5, 5.41) is 4.36. The summed E-state index contributed by atoms with van der Waals surface area (Å²) < 4.78 is 8.25. The number of hydrogen-bond acceptors (Lipinski definition) is 3. The molecule has 1 unspecified atom stereocenters. The highest BCUT2D eigenvalue weighted by Gasteiger charge is 2.20. The predicted octanol–water partition coefficient (Wildman–Crippen LogP) is 3.11. The number of hydrogen-bond donors (Lipinski definition) is 1. The van der Waals surface area contributed by atoms with E-state index in [-0.39, 0.29) is 6.04 Å². The number of halogens is 1. The standard InChI is InChI=1S/C14H18BrN3O/c1-3-8-18-14(11(15)9-17-18)13(16)10-6-4-5-7-12(10)19-2/h4-7,9,13H,3,8,16H2,1-2H3. The molecule has 1 aromatic carbocycles. The van der Waals surface area contributed by atoms with Crippen molar-refractivity contribution in [3.05, 3.63) is 46.2 Å². The van der Waals surface area contributed by atoms with Crippen LogP contribution in [0.2, 0.25) is 0 Å². The minimum atomic E-state index is -0.264. The van der Waals surface area contributed by atoms with Gasteiger partial charge in [0.25, 0.3) is 0 Å². The lowest BCUT2D eigenvalue weighted by atomic mass is 10.0. The van der Waals surface area contributed by atoms with Crippen LogP contribution in [0.15, 0.2) is 34.9 Å². The first-order chi connectivity index (χ1) is 9.19. The van der Waals surface area contributed by atoms with Gasteiger partial charge in [0.15, 0.2) is 0 Å². The summed E-state index contributed by atoms with van der Waals surface area (Å²) in [5.41, 5.74) is 8.34. The summed E-state index contributed by atoms with van der Waals surface area (Å²) in [4.78, 5) is 0. The van der Waals surface area contributed by atoms with Gasteiger partial charge in [0.2, 0.25) is 0 Å². The van der Waals surface area contributed by atoms with E-state index in [1.54, 1.807) is 13.3 Å². The minimum Gasteiger partial charge on any atom is -0.496 e. The Bertz CT molecular complexity index is 553. The molecule has 1 heterocycles. The number of nitrogens with zero attached hydrogens (tertiary/aromatic N) is 2. The number of rotatable bonds is 5. The lowest BCUT2D eigenvalue weighted by molar-refractivity contribution is 0.406. The van der Waals surface area contributed by atoms with Gasteiger partial charge in [0.05, 0.1) is 29.5 Å². The molecule has 0 saturated heterocycles. The summed E-state index contributed by atoms with van der Waals surface area (Å²) in [6.07, 6.45) is 2.81. The average molecular weight is 324 g/mol. The molecule has 0 aliphatic rings. The number of aromatic nitrogens is 2. The van der Waals surface area contributed by atoms with Crippen LogP contribution in [0, 0.1) is 0 Å². The Balaban J connectivity index is 2.43. The van der Waals surface area contributed by atoms with E-state index in [2.05, 4.69) is 28.0 Å². The van der Waals surface area contributed by atoms with Crippen molar-refractivity contribution in [2.75, 3.05) is 7.11 Å². The molecular formula is C14H18BrN3O. The lowest BCUT2D eigenvalue weighted by Crippen LogP contribution is -2.18. The number of nitrogens with two attached hydrogens (primary N) is 1. The molecule has 0 aliphatic carbocycles. The van der Waals surface area contributed by atoms with Crippen molar-refractivity contribution in [1.82, 2.24) is 9.78 Å². The molecule has 5 heteroatoms. The van der Waals surface area contributed by atoms with E-state index in [1.165, 1.54) is 0 Å². The zero-order chi connectivity index (χ0) is 13.8. The van der Waals surface area contributed by atoms with E-state index in [1.807, 2.05) is 28.9 Å². The summed E-state index contributed by atoms with van der Waals surface area (Å²) in [6, 6.07) is 7.54. The molecule has 2 N–H and O–H groups in total. The van der Waals surface area contributed by atoms with Crippen molar-refractivity contribution in [3.8, 4) is 5.75 Å². The smallest absolute Gasteiger partial charge is 0.124 e. The van der Waals surface area contributed by atoms with Gasteiger partial charge in [-0.3, -0.25) is 4.68 Å². The zero-order valence-corrected chi connectivity index (χ0v) is 12.7. The van der Waals surface area contributed by atoms with Crippen molar-refractivity contribution in [2.24, 2.45) is 5.73 Å². The third-order valence-electron chi connectivity index (χ3n) is 3.04. The SMILES string of the molecule is CCCn1ncc(Br)c1C(N)c1ccccc1OC. The van der Waals surface area contributed by atoms with Crippen LogP contribution >= 0.6 is 15.9 Å².